The van der Waals surface area contributed by atoms with Crippen LogP contribution in [0.25, 0.3) is 5.53 Å². The molecule has 64 valence electrons. The molecular formula is C5H6N4O3. The van der Waals surface area contributed by atoms with Crippen LogP contribution in [0.1, 0.15) is 0 Å². The fourth-order valence-corrected chi connectivity index (χ4v) is 0.764. The highest BCUT2D eigenvalue weighted by atomic mass is 16.3. The number of imide groups is 1. The summed E-state index contributed by atoms with van der Waals surface area (Å²) in [7, 11) is 0. The summed E-state index contributed by atoms with van der Waals surface area (Å²) in [5, 5.41) is 10.5. The molecule has 7 heteroatoms. The second-order valence-electron chi connectivity index (χ2n) is 2.15. The van der Waals surface area contributed by atoms with E-state index in [1.165, 1.54) is 0 Å². The fourth-order valence-electron chi connectivity index (χ4n) is 0.764. The smallest absolute Gasteiger partial charge is 0.375 e. The number of hydrogen-bond donors (Lipinski definition) is 2. The number of hydrogen-bond acceptors (Lipinski definition) is 3. The van der Waals surface area contributed by atoms with Crippen LogP contribution in [0.2, 0.25) is 0 Å². The van der Waals surface area contributed by atoms with Crippen molar-refractivity contribution in [2.45, 2.75) is 0 Å². The van der Waals surface area contributed by atoms with Gasteiger partial charge in [-0.2, -0.15) is 4.79 Å². The number of carbonyl (C=O) groups is 2. The molecule has 0 atom stereocenters. The Kier molecular flexibility index (Phi) is 2.18. The first-order chi connectivity index (χ1) is 5.69. The van der Waals surface area contributed by atoms with Gasteiger partial charge in [0.1, 0.15) is 13.3 Å². The minimum absolute atomic E-state index is 0.183. The van der Waals surface area contributed by atoms with E-state index in [2.05, 4.69) is 4.79 Å². The monoisotopic (exact) mass is 170 g/mol. The van der Waals surface area contributed by atoms with Crippen molar-refractivity contribution in [1.82, 2.24) is 10.2 Å². The lowest BCUT2D eigenvalue weighted by Crippen LogP contribution is -2.55. The van der Waals surface area contributed by atoms with Gasteiger partial charge in [-0.1, -0.05) is 0 Å². The van der Waals surface area contributed by atoms with Crippen molar-refractivity contribution in [2.75, 3.05) is 13.3 Å². The maximum absolute atomic E-state index is 10.8. The number of amides is 3. The number of nitrogens with zero attached hydrogens (tertiary/aromatic N) is 3. The molecule has 3 amide bonds. The first kappa shape index (κ1) is 8.38. The van der Waals surface area contributed by atoms with Crippen molar-refractivity contribution in [3.05, 3.63) is 5.53 Å². The molecule has 1 aliphatic heterocycles. The zero-order chi connectivity index (χ0) is 9.14. The maximum Gasteiger partial charge on any atom is 0.375 e. The molecule has 0 aliphatic carbocycles. The first-order valence-corrected chi connectivity index (χ1v) is 3.11. The SMILES string of the molecule is [N-]=[N+]=C1CN(CO)C(=O)NC1=O. The van der Waals surface area contributed by atoms with Crippen LogP contribution < -0.4 is 5.32 Å². The molecule has 1 fully saturated rings. The third-order valence-electron chi connectivity index (χ3n) is 1.40. The molecular weight excluding hydrogens is 164 g/mol. The van der Waals surface area contributed by atoms with Crippen molar-refractivity contribution in [1.29, 1.82) is 0 Å². The first-order valence-electron chi connectivity index (χ1n) is 3.11. The topological polar surface area (TPSA) is 106 Å². The summed E-state index contributed by atoms with van der Waals surface area (Å²) in [5.74, 6) is -0.743. The Morgan fingerprint density at radius 1 is 1.67 bits per heavy atom. The Hall–Kier alpha value is -1.72. The van der Waals surface area contributed by atoms with Crippen LogP contribution >= 0.6 is 0 Å². The Labute approximate surface area is 67.2 Å². The average Bonchev–Trinajstić information content (AvgIpc) is 2.05. The van der Waals surface area contributed by atoms with Gasteiger partial charge >= 0.3 is 17.6 Å². The molecule has 1 aliphatic rings. The molecule has 1 saturated heterocycles. The molecule has 0 aromatic carbocycles. The van der Waals surface area contributed by atoms with Crippen molar-refractivity contribution in [3.63, 3.8) is 0 Å². The van der Waals surface area contributed by atoms with E-state index in [9.17, 15) is 9.59 Å². The van der Waals surface area contributed by atoms with Crippen molar-refractivity contribution in [2.24, 2.45) is 0 Å². The predicted molar refractivity (Wildman–Crippen MR) is 36.0 cm³/mol. The van der Waals surface area contributed by atoms with Gasteiger partial charge in [-0.3, -0.25) is 15.0 Å². The van der Waals surface area contributed by atoms with Crippen LogP contribution in [0.3, 0.4) is 0 Å². The summed E-state index contributed by atoms with van der Waals surface area (Å²) >= 11 is 0. The van der Waals surface area contributed by atoms with E-state index in [4.69, 9.17) is 10.6 Å². The molecule has 2 N–H and O–H groups in total. The van der Waals surface area contributed by atoms with Crippen molar-refractivity contribution < 1.29 is 19.5 Å². The number of carbonyl (C=O) groups excluding carboxylic acids is 2. The van der Waals surface area contributed by atoms with Gasteiger partial charge in [-0.25, -0.2) is 4.79 Å². The standard InChI is InChI=1S/C5H6N4O3/c6-8-3-1-9(2-10)5(12)7-4(3)11/h10H,1-2H2,(H,7,11,12). The van der Waals surface area contributed by atoms with E-state index in [1.54, 1.807) is 0 Å². The van der Waals surface area contributed by atoms with Crippen LogP contribution in [-0.2, 0) is 4.79 Å². The fraction of sp³-hybridized carbons (Fsp3) is 0.400. The van der Waals surface area contributed by atoms with E-state index in [0.717, 1.165) is 4.90 Å². The molecule has 0 spiro atoms. The van der Waals surface area contributed by atoms with E-state index in [-0.39, 0.29) is 12.3 Å². The predicted octanol–water partition coefficient (Wildman–Crippen LogP) is -1.84. The summed E-state index contributed by atoms with van der Waals surface area (Å²) in [4.78, 5) is 25.1. The summed E-state index contributed by atoms with van der Waals surface area (Å²) in [5.41, 5.74) is 8.06. The highest BCUT2D eigenvalue weighted by Gasteiger charge is 2.33. The van der Waals surface area contributed by atoms with Crippen molar-refractivity contribution >= 4 is 17.6 Å². The molecule has 0 radical (unpaired) electrons. The molecule has 12 heavy (non-hydrogen) atoms. The van der Waals surface area contributed by atoms with Crippen molar-refractivity contribution in [3.8, 4) is 0 Å². The molecule has 0 aromatic rings. The number of rotatable bonds is 1. The minimum Gasteiger partial charge on any atom is -0.376 e. The lowest BCUT2D eigenvalue weighted by Gasteiger charge is -2.20. The summed E-state index contributed by atoms with van der Waals surface area (Å²) in [6, 6.07) is -0.699. The minimum atomic E-state index is -0.743. The van der Waals surface area contributed by atoms with Gasteiger partial charge in [-0.15, -0.1) is 0 Å². The van der Waals surface area contributed by atoms with Gasteiger partial charge in [0.2, 0.25) is 0 Å². The van der Waals surface area contributed by atoms with Gasteiger partial charge in [-0.05, 0) is 0 Å². The Morgan fingerprint density at radius 3 is 2.83 bits per heavy atom. The van der Waals surface area contributed by atoms with Gasteiger partial charge in [0.05, 0.1) is 0 Å². The lowest BCUT2D eigenvalue weighted by atomic mass is 10.3. The molecule has 7 nitrogen and oxygen atoms in total. The maximum atomic E-state index is 10.8. The summed E-state index contributed by atoms with van der Waals surface area (Å²) < 4.78 is 0. The lowest BCUT2D eigenvalue weighted by molar-refractivity contribution is -0.120. The third kappa shape index (κ3) is 1.31. The van der Waals surface area contributed by atoms with Crippen LogP contribution in [0.15, 0.2) is 0 Å². The molecule has 1 heterocycles. The van der Waals surface area contributed by atoms with E-state index in [1.807, 2.05) is 5.32 Å². The largest absolute Gasteiger partial charge is 0.376 e. The third-order valence-corrected chi connectivity index (χ3v) is 1.40. The number of urea groups is 1. The highest BCUT2D eigenvalue weighted by molar-refractivity contribution is 6.41. The van der Waals surface area contributed by atoms with Gasteiger partial charge in [0.25, 0.3) is 0 Å². The van der Waals surface area contributed by atoms with Crippen LogP contribution in [-0.4, -0.2) is 45.7 Å². The van der Waals surface area contributed by atoms with E-state index < -0.39 is 18.7 Å². The van der Waals surface area contributed by atoms with Crippen LogP contribution in [0, 0.1) is 0 Å². The Bertz CT molecular complexity index is 280. The van der Waals surface area contributed by atoms with Gasteiger partial charge in [0.15, 0.2) is 0 Å². The van der Waals surface area contributed by atoms with E-state index in [0.29, 0.717) is 0 Å². The molecule has 0 saturated carbocycles. The normalized spacial score (nSPS) is 17.4. The van der Waals surface area contributed by atoms with E-state index >= 15 is 0 Å². The second-order valence-corrected chi connectivity index (χ2v) is 2.15. The number of aliphatic hydroxyl groups is 1. The average molecular weight is 170 g/mol. The quantitative estimate of drug-likeness (QED) is 0.356. The second kappa shape index (κ2) is 3.12. The zero-order valence-electron chi connectivity index (χ0n) is 6.02. The van der Waals surface area contributed by atoms with Gasteiger partial charge in [0, 0.05) is 0 Å². The molecule has 0 aromatic heterocycles. The molecule has 1 rings (SSSR count). The summed E-state index contributed by atoms with van der Waals surface area (Å²) in [6.07, 6.45) is 0. The molecule has 0 bridgehead atoms. The van der Waals surface area contributed by atoms with Gasteiger partial charge < -0.3 is 10.6 Å². The summed E-state index contributed by atoms with van der Waals surface area (Å²) in [6.45, 7) is -0.712. The molecule has 0 unspecified atom stereocenters. The number of aliphatic hydroxyl groups excluding tert-OH is 1. The highest BCUT2D eigenvalue weighted by Crippen LogP contribution is 1.94. The zero-order valence-corrected chi connectivity index (χ0v) is 6.02. The number of nitrogens with one attached hydrogen (secondary N) is 1. The Morgan fingerprint density at radius 2 is 2.33 bits per heavy atom. The van der Waals surface area contributed by atoms with Crippen LogP contribution in [0.5, 0.6) is 0 Å². The van der Waals surface area contributed by atoms with Crippen LogP contribution in [0.4, 0.5) is 4.79 Å². The Balaban J connectivity index is 2.83.